The number of halogens is 1. The second kappa shape index (κ2) is 9.52. The Hall–Kier alpha value is -2.86. The van der Waals surface area contributed by atoms with Gasteiger partial charge in [-0.1, -0.05) is 30.2 Å². The lowest BCUT2D eigenvalue weighted by molar-refractivity contribution is 0.0499. The van der Waals surface area contributed by atoms with Crippen LogP contribution in [0.3, 0.4) is 0 Å². The Balaban J connectivity index is 1.61. The molecule has 1 amide bonds. The van der Waals surface area contributed by atoms with Crippen LogP contribution in [0.2, 0.25) is 5.02 Å². The largest absolute Gasteiger partial charge is 0.335 e. The van der Waals surface area contributed by atoms with E-state index in [1.165, 1.54) is 0 Å². The molecule has 0 bridgehead atoms. The van der Waals surface area contributed by atoms with Crippen LogP contribution in [-0.2, 0) is 6.42 Å². The van der Waals surface area contributed by atoms with Gasteiger partial charge in [-0.15, -0.1) is 0 Å². The summed E-state index contributed by atoms with van der Waals surface area (Å²) in [5, 5.41) is 0.529. The van der Waals surface area contributed by atoms with Gasteiger partial charge in [-0.2, -0.15) is 0 Å². The van der Waals surface area contributed by atoms with Gasteiger partial charge in [0, 0.05) is 49.4 Å². The minimum atomic E-state index is 0.0380. The molecular formula is C24H26ClN5O. The summed E-state index contributed by atoms with van der Waals surface area (Å²) in [5.74, 6) is 1.77. The van der Waals surface area contributed by atoms with Crippen LogP contribution in [0.1, 0.15) is 47.9 Å². The van der Waals surface area contributed by atoms with Crippen LogP contribution in [0, 0.1) is 12.8 Å². The number of amides is 1. The number of aromatic nitrogens is 4. The van der Waals surface area contributed by atoms with Gasteiger partial charge in [-0.25, -0.2) is 19.9 Å². The van der Waals surface area contributed by atoms with Crippen molar-refractivity contribution in [2.75, 3.05) is 6.54 Å². The standard InChI is InChI=1S/C24H26ClN5O/c1-16-6-7-19(20(13-16)23-26-10-4-11-27-23)24(31)30-12-3-5-17(2)21(30)8-9-22-28-14-18(25)15-29-22/h4,6-7,10-11,13-15,17,21H,3,5,8-9,12H2,1-2H3/t17-,21-/m1/s1. The second-order valence-corrected chi connectivity index (χ2v) is 8.60. The molecule has 2 atom stereocenters. The summed E-state index contributed by atoms with van der Waals surface area (Å²) in [6.07, 6.45) is 10.3. The summed E-state index contributed by atoms with van der Waals surface area (Å²) in [4.78, 5) is 33.2. The predicted octanol–water partition coefficient (Wildman–Crippen LogP) is 4.77. The third-order valence-electron chi connectivity index (χ3n) is 5.93. The van der Waals surface area contributed by atoms with E-state index in [9.17, 15) is 4.79 Å². The van der Waals surface area contributed by atoms with E-state index in [4.69, 9.17) is 11.6 Å². The van der Waals surface area contributed by atoms with Crippen LogP contribution in [0.25, 0.3) is 11.4 Å². The van der Waals surface area contributed by atoms with Gasteiger partial charge in [-0.05, 0) is 50.3 Å². The topological polar surface area (TPSA) is 71.9 Å². The molecule has 7 heteroatoms. The molecule has 160 valence electrons. The zero-order chi connectivity index (χ0) is 21.8. The zero-order valence-corrected chi connectivity index (χ0v) is 18.6. The molecule has 1 aliphatic heterocycles. The molecule has 6 nitrogen and oxygen atoms in total. The van der Waals surface area contributed by atoms with Crippen molar-refractivity contribution in [1.82, 2.24) is 24.8 Å². The number of hydrogen-bond donors (Lipinski definition) is 0. The lowest BCUT2D eigenvalue weighted by Crippen LogP contribution is -2.48. The molecule has 31 heavy (non-hydrogen) atoms. The van der Waals surface area contributed by atoms with E-state index in [0.717, 1.165) is 42.8 Å². The maximum absolute atomic E-state index is 13.7. The van der Waals surface area contributed by atoms with E-state index in [0.29, 0.717) is 28.7 Å². The molecule has 0 unspecified atom stereocenters. The van der Waals surface area contributed by atoms with Gasteiger partial charge >= 0.3 is 0 Å². The fourth-order valence-electron chi connectivity index (χ4n) is 4.31. The molecule has 1 aromatic carbocycles. The fourth-order valence-corrected chi connectivity index (χ4v) is 4.41. The number of carbonyl (C=O) groups excluding carboxylic acids is 1. The minimum absolute atomic E-state index is 0.0380. The van der Waals surface area contributed by atoms with Crippen molar-refractivity contribution in [3.63, 3.8) is 0 Å². The third kappa shape index (κ3) is 4.90. The summed E-state index contributed by atoms with van der Waals surface area (Å²) < 4.78 is 0. The first-order chi connectivity index (χ1) is 15.0. The number of benzene rings is 1. The molecule has 1 saturated heterocycles. The average Bonchev–Trinajstić information content (AvgIpc) is 2.79. The van der Waals surface area contributed by atoms with Crippen molar-refractivity contribution in [3.05, 3.63) is 71.0 Å². The smallest absolute Gasteiger partial charge is 0.254 e. The van der Waals surface area contributed by atoms with E-state index >= 15 is 0 Å². The number of carbonyl (C=O) groups is 1. The van der Waals surface area contributed by atoms with E-state index < -0.39 is 0 Å². The van der Waals surface area contributed by atoms with Gasteiger partial charge in [0.1, 0.15) is 5.82 Å². The first kappa shape index (κ1) is 21.4. The normalized spacial score (nSPS) is 18.7. The molecule has 0 saturated carbocycles. The van der Waals surface area contributed by atoms with E-state index in [1.54, 1.807) is 30.9 Å². The summed E-state index contributed by atoms with van der Waals surface area (Å²) >= 11 is 5.90. The number of piperidine rings is 1. The summed E-state index contributed by atoms with van der Waals surface area (Å²) in [5.41, 5.74) is 2.50. The van der Waals surface area contributed by atoms with Crippen molar-refractivity contribution >= 4 is 17.5 Å². The number of nitrogens with zero attached hydrogens (tertiary/aromatic N) is 5. The molecule has 0 aliphatic carbocycles. The first-order valence-electron chi connectivity index (χ1n) is 10.7. The van der Waals surface area contributed by atoms with Crippen molar-refractivity contribution in [3.8, 4) is 11.4 Å². The van der Waals surface area contributed by atoms with Gasteiger partial charge in [0.15, 0.2) is 5.82 Å². The quantitative estimate of drug-likeness (QED) is 0.577. The summed E-state index contributed by atoms with van der Waals surface area (Å²) in [6.45, 7) is 4.99. The van der Waals surface area contributed by atoms with Crippen LogP contribution >= 0.6 is 11.6 Å². The molecule has 0 spiro atoms. The Labute approximate surface area is 187 Å². The predicted molar refractivity (Wildman–Crippen MR) is 121 cm³/mol. The Morgan fingerprint density at radius 3 is 2.65 bits per heavy atom. The lowest BCUT2D eigenvalue weighted by Gasteiger charge is -2.40. The molecule has 1 fully saturated rings. The number of likely N-dealkylation sites (tertiary alicyclic amines) is 1. The molecule has 4 rings (SSSR count). The Morgan fingerprint density at radius 1 is 1.16 bits per heavy atom. The molecule has 3 heterocycles. The third-order valence-corrected chi connectivity index (χ3v) is 6.12. The number of aryl methyl sites for hydroxylation is 2. The highest BCUT2D eigenvalue weighted by atomic mass is 35.5. The lowest BCUT2D eigenvalue weighted by atomic mass is 9.87. The zero-order valence-electron chi connectivity index (χ0n) is 17.8. The van der Waals surface area contributed by atoms with Gasteiger partial charge < -0.3 is 4.90 Å². The van der Waals surface area contributed by atoms with Crippen molar-refractivity contribution < 1.29 is 4.79 Å². The monoisotopic (exact) mass is 435 g/mol. The molecular weight excluding hydrogens is 410 g/mol. The van der Waals surface area contributed by atoms with Crippen LogP contribution in [-0.4, -0.2) is 43.3 Å². The van der Waals surface area contributed by atoms with Gasteiger partial charge in [0.05, 0.1) is 10.6 Å². The summed E-state index contributed by atoms with van der Waals surface area (Å²) in [7, 11) is 0. The first-order valence-corrected chi connectivity index (χ1v) is 11.1. The van der Waals surface area contributed by atoms with Crippen molar-refractivity contribution in [1.29, 1.82) is 0 Å². The highest BCUT2D eigenvalue weighted by molar-refractivity contribution is 6.30. The molecule has 1 aliphatic rings. The second-order valence-electron chi connectivity index (χ2n) is 8.16. The van der Waals surface area contributed by atoms with Gasteiger partial charge in [0.25, 0.3) is 5.91 Å². The summed E-state index contributed by atoms with van der Waals surface area (Å²) in [6, 6.07) is 7.78. The van der Waals surface area contributed by atoms with Gasteiger partial charge in [0.2, 0.25) is 0 Å². The highest BCUT2D eigenvalue weighted by Gasteiger charge is 2.33. The molecule has 0 radical (unpaired) electrons. The van der Waals surface area contributed by atoms with E-state index in [-0.39, 0.29) is 11.9 Å². The minimum Gasteiger partial charge on any atom is -0.335 e. The highest BCUT2D eigenvalue weighted by Crippen LogP contribution is 2.30. The fraction of sp³-hybridized carbons (Fsp3) is 0.375. The van der Waals surface area contributed by atoms with Gasteiger partial charge in [-0.3, -0.25) is 4.79 Å². The van der Waals surface area contributed by atoms with Crippen molar-refractivity contribution in [2.24, 2.45) is 5.92 Å². The van der Waals surface area contributed by atoms with Crippen LogP contribution < -0.4 is 0 Å². The van der Waals surface area contributed by atoms with Crippen LogP contribution in [0.5, 0.6) is 0 Å². The van der Waals surface area contributed by atoms with Crippen LogP contribution in [0.15, 0.2) is 49.1 Å². The molecule has 0 N–H and O–H groups in total. The number of rotatable bonds is 5. The maximum atomic E-state index is 13.7. The molecule has 2 aromatic heterocycles. The maximum Gasteiger partial charge on any atom is 0.254 e. The Kier molecular flexibility index (Phi) is 6.56. The van der Waals surface area contributed by atoms with E-state index in [1.807, 2.05) is 30.0 Å². The van der Waals surface area contributed by atoms with E-state index in [2.05, 4.69) is 26.9 Å². The SMILES string of the molecule is Cc1ccc(C(=O)N2CCC[C@@H](C)[C@H]2CCc2ncc(Cl)cn2)c(-c2ncccn2)c1. The number of hydrogen-bond acceptors (Lipinski definition) is 5. The average molecular weight is 436 g/mol. The van der Waals surface area contributed by atoms with Crippen LogP contribution in [0.4, 0.5) is 0 Å². The van der Waals surface area contributed by atoms with Crippen molar-refractivity contribution in [2.45, 2.75) is 45.6 Å². The Bertz CT molecular complexity index is 1040. The Morgan fingerprint density at radius 2 is 1.90 bits per heavy atom. The molecule has 3 aromatic rings.